The van der Waals surface area contributed by atoms with Crippen molar-refractivity contribution < 1.29 is 9.00 Å². The Morgan fingerprint density at radius 1 is 1.50 bits per heavy atom. The molecule has 0 aromatic carbocycles. The monoisotopic (exact) mass is 272 g/mol. The minimum Gasteiger partial charge on any atom is -0.326 e. The largest absolute Gasteiger partial charge is 0.326 e. The van der Waals surface area contributed by atoms with Gasteiger partial charge in [0.1, 0.15) is 0 Å². The third-order valence-corrected chi connectivity index (χ3v) is 5.79. The Kier molecular flexibility index (Phi) is 4.11. The van der Waals surface area contributed by atoms with Gasteiger partial charge in [0.25, 0.3) is 0 Å². The molecule has 3 unspecified atom stereocenters. The molecule has 0 bridgehead atoms. The van der Waals surface area contributed by atoms with Gasteiger partial charge in [0.05, 0.1) is 11.7 Å². The zero-order chi connectivity index (χ0) is 13.3. The predicted octanol–water partition coefficient (Wildman–Crippen LogP) is 1.23. The first-order valence-electron chi connectivity index (χ1n) is 6.87. The van der Waals surface area contributed by atoms with Crippen LogP contribution in [0.15, 0.2) is 0 Å². The van der Waals surface area contributed by atoms with Gasteiger partial charge in [-0.3, -0.25) is 14.3 Å². The molecule has 2 rings (SSSR count). The van der Waals surface area contributed by atoms with E-state index in [1.165, 1.54) is 0 Å². The summed E-state index contributed by atoms with van der Waals surface area (Å²) < 4.78 is 11.4. The molecule has 1 heterocycles. The van der Waals surface area contributed by atoms with Crippen LogP contribution in [0.25, 0.3) is 0 Å². The molecule has 1 aliphatic heterocycles. The lowest BCUT2D eigenvalue weighted by Gasteiger charge is -2.23. The highest BCUT2D eigenvalue weighted by molar-refractivity contribution is 7.84. The Bertz CT molecular complexity index is 353. The molecule has 0 aromatic heterocycles. The molecule has 18 heavy (non-hydrogen) atoms. The van der Waals surface area contributed by atoms with Crippen molar-refractivity contribution >= 4 is 16.7 Å². The maximum absolute atomic E-state index is 12.5. The van der Waals surface area contributed by atoms with E-state index in [0.717, 1.165) is 38.6 Å². The summed E-state index contributed by atoms with van der Waals surface area (Å²) in [5.74, 6) is 0.265. The SMILES string of the molecule is CC1NC2(CCCC2)C(=O)N1CCC(C)S(C)=O. The molecular formula is C13H24N2O2S. The summed E-state index contributed by atoms with van der Waals surface area (Å²) >= 11 is 0. The van der Waals surface area contributed by atoms with Gasteiger partial charge >= 0.3 is 0 Å². The van der Waals surface area contributed by atoms with Gasteiger partial charge in [0, 0.05) is 28.9 Å². The van der Waals surface area contributed by atoms with Crippen molar-refractivity contribution in [2.45, 2.75) is 62.9 Å². The molecule has 1 amide bonds. The summed E-state index contributed by atoms with van der Waals surface area (Å²) in [6.07, 6.45) is 6.91. The molecule has 1 saturated carbocycles. The second-order valence-electron chi connectivity index (χ2n) is 5.71. The standard InChI is InChI=1S/C13H24N2O2S/c1-10(18(3)17)6-9-15-11(2)14-13(12(15)16)7-4-5-8-13/h10-11,14H,4-9H2,1-3H3. The number of nitrogens with one attached hydrogen (secondary N) is 1. The third-order valence-electron chi connectivity index (χ3n) is 4.42. The van der Waals surface area contributed by atoms with E-state index in [2.05, 4.69) is 12.2 Å². The van der Waals surface area contributed by atoms with Crippen LogP contribution in [-0.2, 0) is 15.6 Å². The van der Waals surface area contributed by atoms with Crippen LogP contribution in [0.1, 0.15) is 46.0 Å². The van der Waals surface area contributed by atoms with Crippen LogP contribution in [0.2, 0.25) is 0 Å². The molecule has 1 aliphatic carbocycles. The van der Waals surface area contributed by atoms with Crippen molar-refractivity contribution in [3.05, 3.63) is 0 Å². The number of rotatable bonds is 4. The van der Waals surface area contributed by atoms with Gasteiger partial charge in [-0.05, 0) is 26.2 Å². The predicted molar refractivity (Wildman–Crippen MR) is 73.7 cm³/mol. The Hall–Kier alpha value is -0.420. The van der Waals surface area contributed by atoms with Gasteiger partial charge in [-0.25, -0.2) is 0 Å². The molecule has 0 radical (unpaired) electrons. The van der Waals surface area contributed by atoms with Gasteiger partial charge in [-0.15, -0.1) is 0 Å². The highest BCUT2D eigenvalue weighted by Gasteiger charge is 2.50. The minimum atomic E-state index is -0.802. The smallest absolute Gasteiger partial charge is 0.244 e. The van der Waals surface area contributed by atoms with Crippen LogP contribution in [0.4, 0.5) is 0 Å². The molecule has 5 heteroatoms. The Balaban J connectivity index is 1.97. The lowest BCUT2D eigenvalue weighted by Crippen LogP contribution is -2.44. The third kappa shape index (κ3) is 2.48. The summed E-state index contributed by atoms with van der Waals surface area (Å²) in [4.78, 5) is 14.4. The van der Waals surface area contributed by atoms with Gasteiger partial charge in [0.15, 0.2) is 0 Å². The fourth-order valence-corrected chi connectivity index (χ4v) is 3.55. The highest BCUT2D eigenvalue weighted by Crippen LogP contribution is 2.36. The number of carbonyl (C=O) groups is 1. The van der Waals surface area contributed by atoms with E-state index in [4.69, 9.17) is 0 Å². The van der Waals surface area contributed by atoms with Crippen LogP contribution in [0.5, 0.6) is 0 Å². The van der Waals surface area contributed by atoms with Gasteiger partial charge in [-0.2, -0.15) is 0 Å². The summed E-state index contributed by atoms with van der Waals surface area (Å²) in [7, 11) is -0.802. The molecule has 2 fully saturated rings. The molecule has 1 N–H and O–H groups in total. The highest BCUT2D eigenvalue weighted by atomic mass is 32.2. The molecular weight excluding hydrogens is 248 g/mol. The minimum absolute atomic E-state index is 0.119. The van der Waals surface area contributed by atoms with E-state index in [0.29, 0.717) is 0 Å². The van der Waals surface area contributed by atoms with Crippen molar-refractivity contribution in [3.8, 4) is 0 Å². The molecule has 1 spiro atoms. The molecule has 0 aromatic rings. The maximum Gasteiger partial charge on any atom is 0.244 e. The Morgan fingerprint density at radius 3 is 2.67 bits per heavy atom. The van der Waals surface area contributed by atoms with E-state index in [9.17, 15) is 9.00 Å². The first-order chi connectivity index (χ1) is 8.46. The van der Waals surface area contributed by atoms with Crippen LogP contribution >= 0.6 is 0 Å². The van der Waals surface area contributed by atoms with Crippen LogP contribution in [-0.4, -0.2) is 44.8 Å². The summed E-state index contributed by atoms with van der Waals surface area (Å²) in [5, 5.41) is 3.64. The average molecular weight is 272 g/mol. The van der Waals surface area contributed by atoms with Crippen LogP contribution in [0, 0.1) is 0 Å². The number of nitrogens with zero attached hydrogens (tertiary/aromatic N) is 1. The van der Waals surface area contributed by atoms with Crippen molar-refractivity contribution in [2.24, 2.45) is 0 Å². The van der Waals surface area contributed by atoms with Crippen molar-refractivity contribution in [1.82, 2.24) is 10.2 Å². The number of amides is 1. The summed E-state index contributed by atoms with van der Waals surface area (Å²) in [5.41, 5.74) is -0.270. The number of hydrogen-bond acceptors (Lipinski definition) is 3. The number of carbonyl (C=O) groups excluding carboxylic acids is 1. The quantitative estimate of drug-likeness (QED) is 0.837. The van der Waals surface area contributed by atoms with Gasteiger partial charge < -0.3 is 4.90 Å². The lowest BCUT2D eigenvalue weighted by atomic mass is 9.98. The van der Waals surface area contributed by atoms with Gasteiger partial charge in [0.2, 0.25) is 5.91 Å². The van der Waals surface area contributed by atoms with E-state index in [-0.39, 0.29) is 22.9 Å². The second-order valence-corrected chi connectivity index (χ2v) is 7.51. The van der Waals surface area contributed by atoms with E-state index >= 15 is 0 Å². The second kappa shape index (κ2) is 5.29. The Labute approximate surface area is 112 Å². The normalized spacial score (nSPS) is 30.1. The fraction of sp³-hybridized carbons (Fsp3) is 0.923. The summed E-state index contributed by atoms with van der Waals surface area (Å²) in [6, 6.07) is 0. The van der Waals surface area contributed by atoms with Gasteiger partial charge in [-0.1, -0.05) is 19.8 Å². The van der Waals surface area contributed by atoms with E-state index in [1.807, 2.05) is 11.8 Å². The van der Waals surface area contributed by atoms with Crippen molar-refractivity contribution in [3.63, 3.8) is 0 Å². The van der Waals surface area contributed by atoms with Crippen LogP contribution in [0.3, 0.4) is 0 Å². The Morgan fingerprint density at radius 2 is 2.11 bits per heavy atom. The zero-order valence-electron chi connectivity index (χ0n) is 11.6. The molecule has 4 nitrogen and oxygen atoms in total. The topological polar surface area (TPSA) is 49.4 Å². The van der Waals surface area contributed by atoms with E-state index in [1.54, 1.807) is 6.26 Å². The van der Waals surface area contributed by atoms with Crippen molar-refractivity contribution in [1.29, 1.82) is 0 Å². The maximum atomic E-state index is 12.5. The number of hydrogen-bond donors (Lipinski definition) is 1. The average Bonchev–Trinajstić information content (AvgIpc) is 2.85. The molecule has 104 valence electrons. The summed E-state index contributed by atoms with van der Waals surface area (Å²) in [6.45, 7) is 4.76. The fourth-order valence-electron chi connectivity index (χ4n) is 3.11. The van der Waals surface area contributed by atoms with E-state index < -0.39 is 10.8 Å². The first kappa shape index (κ1) is 14.0. The molecule has 1 saturated heterocycles. The van der Waals surface area contributed by atoms with Crippen LogP contribution < -0.4 is 5.32 Å². The van der Waals surface area contributed by atoms with Crippen molar-refractivity contribution in [2.75, 3.05) is 12.8 Å². The molecule has 3 atom stereocenters. The lowest BCUT2D eigenvalue weighted by molar-refractivity contribution is -0.133. The first-order valence-corrected chi connectivity index (χ1v) is 8.49. The zero-order valence-corrected chi connectivity index (χ0v) is 12.4. The molecule has 2 aliphatic rings.